The summed E-state index contributed by atoms with van der Waals surface area (Å²) in [5, 5.41) is 11.6. The number of aryl methyl sites for hydroxylation is 1. The van der Waals surface area contributed by atoms with Crippen LogP contribution in [0.2, 0.25) is 0 Å². The van der Waals surface area contributed by atoms with Crippen molar-refractivity contribution in [2.75, 3.05) is 11.1 Å². The zero-order valence-electron chi connectivity index (χ0n) is 14.1. The van der Waals surface area contributed by atoms with Crippen molar-refractivity contribution in [3.05, 3.63) is 60.7 Å². The van der Waals surface area contributed by atoms with E-state index >= 15 is 0 Å². The van der Waals surface area contributed by atoms with Crippen molar-refractivity contribution in [2.45, 2.75) is 31.3 Å². The molecule has 7 heteroatoms. The summed E-state index contributed by atoms with van der Waals surface area (Å²) in [5.74, 6) is 0.214. The Hall–Kier alpha value is -2.54. The normalized spacial score (nSPS) is 10.8. The third-order valence-electron chi connectivity index (χ3n) is 3.73. The zero-order chi connectivity index (χ0) is 17.5. The summed E-state index contributed by atoms with van der Waals surface area (Å²) in [5.41, 5.74) is 2.12. The van der Waals surface area contributed by atoms with Gasteiger partial charge < -0.3 is 5.32 Å². The standard InChI is InChI=1S/C18H21N5OS/c1-2-3-6-15-7-9-16(10-8-15)20-17(24)13-25-18-21-19-14-23(18)22-11-4-5-12-22/h4-5,7-12,14H,2-3,6,13H2,1H3,(H,20,24). The molecule has 1 N–H and O–H groups in total. The average Bonchev–Trinajstić information content (AvgIpc) is 3.30. The molecule has 0 atom stereocenters. The zero-order valence-corrected chi connectivity index (χ0v) is 14.9. The van der Waals surface area contributed by atoms with Crippen molar-refractivity contribution in [3.63, 3.8) is 0 Å². The predicted molar refractivity (Wildman–Crippen MR) is 99.7 cm³/mol. The Balaban J connectivity index is 1.53. The molecule has 0 aliphatic rings. The van der Waals surface area contributed by atoms with Crippen LogP contribution in [0.5, 0.6) is 0 Å². The highest BCUT2D eigenvalue weighted by Gasteiger charge is 2.10. The maximum Gasteiger partial charge on any atom is 0.234 e. The Labute approximate surface area is 151 Å². The van der Waals surface area contributed by atoms with E-state index in [0.717, 1.165) is 12.1 Å². The van der Waals surface area contributed by atoms with Crippen LogP contribution in [0.25, 0.3) is 0 Å². The first kappa shape index (κ1) is 17.3. The van der Waals surface area contributed by atoms with Gasteiger partial charge in [0.25, 0.3) is 0 Å². The minimum atomic E-state index is -0.0617. The fourth-order valence-electron chi connectivity index (χ4n) is 2.40. The van der Waals surface area contributed by atoms with E-state index in [9.17, 15) is 4.79 Å². The number of benzene rings is 1. The van der Waals surface area contributed by atoms with Crippen LogP contribution in [0.4, 0.5) is 5.69 Å². The second kappa shape index (κ2) is 8.53. The van der Waals surface area contributed by atoms with E-state index in [-0.39, 0.29) is 11.7 Å². The van der Waals surface area contributed by atoms with Crippen molar-refractivity contribution in [2.24, 2.45) is 0 Å². The number of nitrogens with one attached hydrogen (secondary N) is 1. The number of anilines is 1. The summed E-state index contributed by atoms with van der Waals surface area (Å²) < 4.78 is 3.65. The van der Waals surface area contributed by atoms with Crippen LogP contribution < -0.4 is 5.32 Å². The van der Waals surface area contributed by atoms with E-state index in [1.807, 2.05) is 41.3 Å². The third-order valence-corrected chi connectivity index (χ3v) is 4.66. The van der Waals surface area contributed by atoms with Gasteiger partial charge in [-0.1, -0.05) is 37.2 Å². The molecular formula is C18H21N5OS. The first-order chi connectivity index (χ1) is 12.3. The van der Waals surface area contributed by atoms with Crippen LogP contribution in [0, 0.1) is 0 Å². The van der Waals surface area contributed by atoms with Gasteiger partial charge in [-0.25, -0.2) is 4.68 Å². The van der Waals surface area contributed by atoms with Gasteiger partial charge in [0, 0.05) is 18.1 Å². The Morgan fingerprint density at radius 2 is 1.96 bits per heavy atom. The monoisotopic (exact) mass is 355 g/mol. The molecule has 0 saturated carbocycles. The lowest BCUT2D eigenvalue weighted by Gasteiger charge is -2.08. The van der Waals surface area contributed by atoms with Gasteiger partial charge in [-0.05, 0) is 42.7 Å². The molecule has 1 amide bonds. The molecule has 0 saturated heterocycles. The highest BCUT2D eigenvalue weighted by Crippen LogP contribution is 2.16. The Morgan fingerprint density at radius 1 is 1.20 bits per heavy atom. The first-order valence-corrected chi connectivity index (χ1v) is 9.30. The number of aromatic nitrogens is 4. The van der Waals surface area contributed by atoms with Gasteiger partial charge in [-0.15, -0.1) is 10.2 Å². The van der Waals surface area contributed by atoms with E-state index in [1.54, 1.807) is 11.0 Å². The SMILES string of the molecule is CCCCc1ccc(NC(=O)CSc2nncn2-n2cccc2)cc1. The molecule has 0 unspecified atom stereocenters. The summed E-state index contributed by atoms with van der Waals surface area (Å²) >= 11 is 1.35. The molecule has 0 aliphatic heterocycles. The molecule has 25 heavy (non-hydrogen) atoms. The van der Waals surface area contributed by atoms with E-state index in [1.165, 1.54) is 30.2 Å². The highest BCUT2D eigenvalue weighted by molar-refractivity contribution is 7.99. The molecule has 0 radical (unpaired) electrons. The number of hydrogen-bond donors (Lipinski definition) is 1. The Kier molecular flexibility index (Phi) is 5.90. The summed E-state index contributed by atoms with van der Waals surface area (Å²) in [6.45, 7) is 2.18. The fourth-order valence-corrected chi connectivity index (χ4v) is 3.12. The lowest BCUT2D eigenvalue weighted by molar-refractivity contribution is -0.113. The molecule has 2 heterocycles. The van der Waals surface area contributed by atoms with E-state index in [2.05, 4.69) is 34.6 Å². The summed E-state index contributed by atoms with van der Waals surface area (Å²) in [4.78, 5) is 12.2. The highest BCUT2D eigenvalue weighted by atomic mass is 32.2. The van der Waals surface area contributed by atoms with Crippen LogP contribution in [-0.4, -0.2) is 31.2 Å². The number of nitrogens with zero attached hydrogens (tertiary/aromatic N) is 4. The van der Waals surface area contributed by atoms with Crippen molar-refractivity contribution in [1.29, 1.82) is 0 Å². The maximum atomic E-state index is 12.2. The molecular weight excluding hydrogens is 334 g/mol. The Bertz CT molecular complexity index is 795. The molecule has 1 aromatic carbocycles. The van der Waals surface area contributed by atoms with Gasteiger partial charge in [0.2, 0.25) is 11.1 Å². The smallest absolute Gasteiger partial charge is 0.234 e. The van der Waals surface area contributed by atoms with Gasteiger partial charge >= 0.3 is 0 Å². The average molecular weight is 355 g/mol. The summed E-state index contributed by atoms with van der Waals surface area (Å²) in [6.07, 6.45) is 8.86. The second-order valence-corrected chi connectivity index (χ2v) is 6.60. The molecule has 6 nitrogen and oxygen atoms in total. The number of amides is 1. The van der Waals surface area contributed by atoms with Gasteiger partial charge in [0.1, 0.15) is 6.33 Å². The van der Waals surface area contributed by atoms with Crippen LogP contribution in [0.15, 0.2) is 60.3 Å². The molecule has 3 aromatic rings. The third kappa shape index (κ3) is 4.73. The molecule has 3 rings (SSSR count). The first-order valence-electron chi connectivity index (χ1n) is 8.31. The maximum absolute atomic E-state index is 12.2. The van der Waals surface area contributed by atoms with E-state index in [0.29, 0.717) is 5.16 Å². The molecule has 0 aliphatic carbocycles. The van der Waals surface area contributed by atoms with Crippen LogP contribution in [0.3, 0.4) is 0 Å². The largest absolute Gasteiger partial charge is 0.325 e. The molecule has 2 aromatic heterocycles. The van der Waals surface area contributed by atoms with Gasteiger partial charge in [-0.2, -0.15) is 0 Å². The van der Waals surface area contributed by atoms with Gasteiger partial charge in [-0.3, -0.25) is 9.47 Å². The Morgan fingerprint density at radius 3 is 2.68 bits per heavy atom. The van der Waals surface area contributed by atoms with Crippen molar-refractivity contribution >= 4 is 23.4 Å². The topological polar surface area (TPSA) is 64.7 Å². The molecule has 0 bridgehead atoms. The lowest BCUT2D eigenvalue weighted by Crippen LogP contribution is -2.15. The van der Waals surface area contributed by atoms with Gasteiger partial charge in [0.05, 0.1) is 5.75 Å². The molecule has 0 fully saturated rings. The van der Waals surface area contributed by atoms with Crippen LogP contribution in [0.1, 0.15) is 25.3 Å². The predicted octanol–water partition coefficient (Wildman–Crippen LogP) is 3.46. The van der Waals surface area contributed by atoms with E-state index in [4.69, 9.17) is 0 Å². The van der Waals surface area contributed by atoms with Crippen molar-refractivity contribution in [3.8, 4) is 0 Å². The fraction of sp³-hybridized carbons (Fsp3) is 0.278. The minimum absolute atomic E-state index is 0.0617. The molecule has 130 valence electrons. The van der Waals surface area contributed by atoms with Crippen LogP contribution >= 0.6 is 11.8 Å². The van der Waals surface area contributed by atoms with Crippen LogP contribution in [-0.2, 0) is 11.2 Å². The number of hydrogen-bond acceptors (Lipinski definition) is 4. The van der Waals surface area contributed by atoms with Crippen molar-refractivity contribution < 1.29 is 4.79 Å². The van der Waals surface area contributed by atoms with Gasteiger partial charge in [0.15, 0.2) is 0 Å². The number of carbonyl (C=O) groups excluding carboxylic acids is 1. The summed E-state index contributed by atoms with van der Waals surface area (Å²) in [6, 6.07) is 11.9. The number of thioether (sulfide) groups is 1. The molecule has 0 spiro atoms. The summed E-state index contributed by atoms with van der Waals surface area (Å²) in [7, 11) is 0. The minimum Gasteiger partial charge on any atom is -0.325 e. The second-order valence-electron chi connectivity index (χ2n) is 5.66. The van der Waals surface area contributed by atoms with E-state index < -0.39 is 0 Å². The lowest BCUT2D eigenvalue weighted by atomic mass is 10.1. The number of rotatable bonds is 8. The number of unbranched alkanes of at least 4 members (excludes halogenated alkanes) is 1. The number of carbonyl (C=O) groups is 1. The quantitative estimate of drug-likeness (QED) is 0.629. The van der Waals surface area contributed by atoms with Crippen molar-refractivity contribution in [1.82, 2.24) is 19.5 Å².